The van der Waals surface area contributed by atoms with Crippen LogP contribution in [-0.2, 0) is 11.3 Å². The molecule has 2 rings (SSSR count). The zero-order chi connectivity index (χ0) is 13.0. The van der Waals surface area contributed by atoms with E-state index in [0.29, 0.717) is 12.6 Å². The summed E-state index contributed by atoms with van der Waals surface area (Å²) in [4.78, 5) is 14.1. The number of likely N-dealkylation sites (N-methyl/N-ethyl adjacent to an activating group) is 1. The Kier molecular flexibility index (Phi) is 4.33. The fourth-order valence-electron chi connectivity index (χ4n) is 2.25. The molecule has 0 spiro atoms. The zero-order valence-corrected chi connectivity index (χ0v) is 11.0. The molecule has 1 aliphatic heterocycles. The van der Waals surface area contributed by atoms with Crippen molar-refractivity contribution in [1.82, 2.24) is 10.2 Å². The number of hydrogen-bond donors (Lipinski definition) is 1. The van der Waals surface area contributed by atoms with Crippen molar-refractivity contribution in [3.05, 3.63) is 35.4 Å². The highest BCUT2D eigenvalue weighted by Gasteiger charge is 2.23. The summed E-state index contributed by atoms with van der Waals surface area (Å²) in [5.41, 5.74) is 1.82. The number of methoxy groups -OCH3 is 1. The van der Waals surface area contributed by atoms with Gasteiger partial charge in [0.1, 0.15) is 0 Å². The van der Waals surface area contributed by atoms with Gasteiger partial charge in [0.25, 0.3) is 5.91 Å². The fourth-order valence-corrected chi connectivity index (χ4v) is 2.25. The maximum absolute atomic E-state index is 12.3. The molecule has 1 saturated heterocycles. The van der Waals surface area contributed by atoms with Crippen LogP contribution in [0.4, 0.5) is 0 Å². The maximum Gasteiger partial charge on any atom is 0.253 e. The van der Waals surface area contributed by atoms with Gasteiger partial charge >= 0.3 is 0 Å². The second-order valence-electron chi connectivity index (χ2n) is 4.69. The van der Waals surface area contributed by atoms with Crippen LogP contribution in [0.25, 0.3) is 0 Å². The Bertz CT molecular complexity index is 397. The van der Waals surface area contributed by atoms with Crippen molar-refractivity contribution in [2.45, 2.75) is 19.1 Å². The highest BCUT2D eigenvalue weighted by atomic mass is 16.5. The van der Waals surface area contributed by atoms with E-state index in [1.54, 1.807) is 7.11 Å². The number of ether oxygens (including phenoxy) is 1. The van der Waals surface area contributed by atoms with E-state index in [0.717, 1.165) is 30.6 Å². The van der Waals surface area contributed by atoms with Crippen LogP contribution in [0.1, 0.15) is 22.3 Å². The number of carbonyl (C=O) groups excluding carboxylic acids is 1. The van der Waals surface area contributed by atoms with Crippen molar-refractivity contribution in [3.63, 3.8) is 0 Å². The van der Waals surface area contributed by atoms with Crippen molar-refractivity contribution in [2.75, 3.05) is 27.2 Å². The molecule has 1 heterocycles. The summed E-state index contributed by atoms with van der Waals surface area (Å²) < 4.78 is 5.05. The van der Waals surface area contributed by atoms with Crippen LogP contribution >= 0.6 is 0 Å². The van der Waals surface area contributed by atoms with Crippen molar-refractivity contribution in [1.29, 1.82) is 0 Å². The molecule has 1 N–H and O–H groups in total. The number of rotatable bonds is 4. The lowest BCUT2D eigenvalue weighted by Crippen LogP contribution is -2.38. The standard InChI is InChI=1S/C14H20N2O2/c1-16(13-7-8-15-9-13)14(17)12-5-3-11(4-6-12)10-18-2/h3-6,13,15H,7-10H2,1-2H3. The molecular weight excluding hydrogens is 228 g/mol. The van der Waals surface area contributed by atoms with E-state index in [9.17, 15) is 4.79 Å². The first-order valence-electron chi connectivity index (χ1n) is 6.28. The van der Waals surface area contributed by atoms with Crippen LogP contribution in [0.2, 0.25) is 0 Å². The molecule has 1 aromatic rings. The summed E-state index contributed by atoms with van der Waals surface area (Å²) in [5.74, 6) is 0.0904. The Labute approximate surface area is 108 Å². The minimum atomic E-state index is 0.0904. The van der Waals surface area contributed by atoms with Crippen LogP contribution in [0.3, 0.4) is 0 Å². The molecule has 18 heavy (non-hydrogen) atoms. The van der Waals surface area contributed by atoms with Crippen LogP contribution in [0.15, 0.2) is 24.3 Å². The normalized spacial score (nSPS) is 18.9. The summed E-state index contributed by atoms with van der Waals surface area (Å²) >= 11 is 0. The molecule has 0 bridgehead atoms. The average Bonchev–Trinajstić information content (AvgIpc) is 2.92. The van der Waals surface area contributed by atoms with E-state index >= 15 is 0 Å². The molecule has 1 unspecified atom stereocenters. The fraction of sp³-hybridized carbons (Fsp3) is 0.500. The molecular formula is C14H20N2O2. The second kappa shape index (κ2) is 5.98. The van der Waals surface area contributed by atoms with Crippen LogP contribution in [0, 0.1) is 0 Å². The SMILES string of the molecule is COCc1ccc(C(=O)N(C)C2CCNC2)cc1. The second-order valence-corrected chi connectivity index (χ2v) is 4.69. The van der Waals surface area contributed by atoms with E-state index in [2.05, 4.69) is 5.32 Å². The summed E-state index contributed by atoms with van der Waals surface area (Å²) in [5, 5.41) is 3.28. The van der Waals surface area contributed by atoms with Crippen LogP contribution in [-0.4, -0.2) is 44.1 Å². The highest BCUT2D eigenvalue weighted by Crippen LogP contribution is 2.12. The summed E-state index contributed by atoms with van der Waals surface area (Å²) in [6.07, 6.45) is 1.03. The Balaban J connectivity index is 2.03. The topological polar surface area (TPSA) is 41.6 Å². The Morgan fingerprint density at radius 2 is 2.17 bits per heavy atom. The van der Waals surface area contributed by atoms with Crippen LogP contribution in [0.5, 0.6) is 0 Å². The smallest absolute Gasteiger partial charge is 0.253 e. The minimum absolute atomic E-state index is 0.0904. The van der Waals surface area contributed by atoms with Gasteiger partial charge in [0, 0.05) is 32.3 Å². The largest absolute Gasteiger partial charge is 0.380 e. The number of amides is 1. The molecule has 0 radical (unpaired) electrons. The first-order chi connectivity index (χ1) is 8.72. The summed E-state index contributed by atoms with van der Waals surface area (Å²) in [6, 6.07) is 7.94. The van der Waals surface area contributed by atoms with Gasteiger partial charge in [0.15, 0.2) is 0 Å². The summed E-state index contributed by atoms with van der Waals surface area (Å²) in [6.45, 7) is 2.47. The molecule has 0 aromatic heterocycles. The van der Waals surface area contributed by atoms with E-state index in [1.165, 1.54) is 0 Å². The molecule has 1 aliphatic rings. The van der Waals surface area contributed by atoms with Crippen molar-refractivity contribution >= 4 is 5.91 Å². The number of benzene rings is 1. The number of hydrogen-bond acceptors (Lipinski definition) is 3. The predicted octanol–water partition coefficient (Wildman–Crippen LogP) is 1.27. The van der Waals surface area contributed by atoms with Crippen molar-refractivity contribution in [3.8, 4) is 0 Å². The lowest BCUT2D eigenvalue weighted by atomic mass is 10.1. The number of nitrogens with zero attached hydrogens (tertiary/aromatic N) is 1. The minimum Gasteiger partial charge on any atom is -0.380 e. The van der Waals surface area contributed by atoms with Crippen molar-refractivity contribution in [2.24, 2.45) is 0 Å². The van der Waals surface area contributed by atoms with Gasteiger partial charge in [-0.3, -0.25) is 4.79 Å². The van der Waals surface area contributed by atoms with E-state index in [4.69, 9.17) is 4.74 Å². The van der Waals surface area contributed by atoms with Gasteiger partial charge in [0.2, 0.25) is 0 Å². The van der Waals surface area contributed by atoms with Gasteiger partial charge in [-0.25, -0.2) is 0 Å². The average molecular weight is 248 g/mol. The van der Waals surface area contributed by atoms with Crippen LogP contribution < -0.4 is 5.32 Å². The third-order valence-corrected chi connectivity index (χ3v) is 3.41. The molecule has 4 heteroatoms. The quantitative estimate of drug-likeness (QED) is 0.872. The molecule has 1 fully saturated rings. The van der Waals surface area contributed by atoms with E-state index in [-0.39, 0.29) is 5.91 Å². The first-order valence-corrected chi connectivity index (χ1v) is 6.28. The molecule has 4 nitrogen and oxygen atoms in total. The lowest BCUT2D eigenvalue weighted by Gasteiger charge is -2.23. The van der Waals surface area contributed by atoms with Gasteiger partial charge in [0.05, 0.1) is 6.61 Å². The third-order valence-electron chi connectivity index (χ3n) is 3.41. The Morgan fingerprint density at radius 3 is 2.72 bits per heavy atom. The zero-order valence-electron chi connectivity index (χ0n) is 11.0. The third kappa shape index (κ3) is 2.89. The van der Waals surface area contributed by atoms with Gasteiger partial charge in [-0.1, -0.05) is 12.1 Å². The van der Waals surface area contributed by atoms with E-state index in [1.807, 2.05) is 36.2 Å². The molecule has 1 amide bonds. The Hall–Kier alpha value is -1.39. The van der Waals surface area contributed by atoms with Gasteiger partial charge in [-0.2, -0.15) is 0 Å². The molecule has 0 saturated carbocycles. The molecule has 98 valence electrons. The number of nitrogens with one attached hydrogen (secondary N) is 1. The van der Waals surface area contributed by atoms with Gasteiger partial charge in [-0.15, -0.1) is 0 Å². The highest BCUT2D eigenvalue weighted by molar-refractivity contribution is 5.94. The molecule has 0 aliphatic carbocycles. The first kappa shape index (κ1) is 13.1. The monoisotopic (exact) mass is 248 g/mol. The lowest BCUT2D eigenvalue weighted by molar-refractivity contribution is 0.0743. The number of carbonyl (C=O) groups is 1. The Morgan fingerprint density at radius 1 is 1.44 bits per heavy atom. The van der Waals surface area contributed by atoms with Crippen molar-refractivity contribution < 1.29 is 9.53 Å². The summed E-state index contributed by atoms with van der Waals surface area (Å²) in [7, 11) is 3.54. The van der Waals surface area contributed by atoms with Gasteiger partial charge < -0.3 is 15.0 Å². The molecule has 1 aromatic carbocycles. The molecule has 1 atom stereocenters. The van der Waals surface area contributed by atoms with Gasteiger partial charge in [-0.05, 0) is 30.7 Å². The predicted molar refractivity (Wildman–Crippen MR) is 70.5 cm³/mol. The maximum atomic E-state index is 12.3. The van der Waals surface area contributed by atoms with E-state index < -0.39 is 0 Å².